The molecule has 0 heterocycles. The second-order valence-electron chi connectivity index (χ2n) is 9.08. The highest BCUT2D eigenvalue weighted by Crippen LogP contribution is 2.47. The molecule has 0 bridgehead atoms. The molecular weight excluding hydrogens is 316 g/mol. The molecule has 1 aromatic rings. The molecule has 1 nitrogen and oxygen atoms in total. The van der Waals surface area contributed by atoms with Crippen molar-refractivity contribution >= 4 is 0 Å². The smallest absolute Gasteiger partial charge is 0.119 e. The number of benzene rings is 1. The van der Waals surface area contributed by atoms with Crippen LogP contribution in [0.2, 0.25) is 0 Å². The van der Waals surface area contributed by atoms with Crippen LogP contribution in [0, 0.1) is 23.7 Å². The molecule has 1 aromatic carbocycles. The van der Waals surface area contributed by atoms with Crippen molar-refractivity contribution in [2.75, 3.05) is 6.61 Å². The second-order valence-corrected chi connectivity index (χ2v) is 9.08. The van der Waals surface area contributed by atoms with E-state index in [1.165, 1.54) is 69.8 Å². The third-order valence-corrected chi connectivity index (χ3v) is 7.35. The molecule has 3 atom stereocenters. The highest BCUT2D eigenvalue weighted by Gasteiger charge is 2.34. The Hall–Kier alpha value is -0.980. The summed E-state index contributed by atoms with van der Waals surface area (Å²) in [5, 5.41) is 0. The molecule has 2 saturated carbocycles. The number of ether oxygens (including phenoxy) is 1. The quantitative estimate of drug-likeness (QED) is 0.488. The first-order chi connectivity index (χ1) is 12.7. The van der Waals surface area contributed by atoms with Gasteiger partial charge in [0.05, 0.1) is 6.61 Å². The van der Waals surface area contributed by atoms with E-state index in [-0.39, 0.29) is 0 Å². The Bertz CT molecular complexity index is 511. The molecule has 3 rings (SSSR count). The molecule has 2 aliphatic carbocycles. The summed E-state index contributed by atoms with van der Waals surface area (Å²) in [6.45, 7) is 7.63. The van der Waals surface area contributed by atoms with Gasteiger partial charge in [-0.25, -0.2) is 0 Å². The van der Waals surface area contributed by atoms with Crippen LogP contribution in [0.25, 0.3) is 0 Å². The number of rotatable bonds is 7. The lowest BCUT2D eigenvalue weighted by Crippen LogP contribution is -2.29. The number of hydrogen-bond acceptors (Lipinski definition) is 1. The lowest BCUT2D eigenvalue weighted by atomic mass is 9.65. The maximum atomic E-state index is 5.60. The lowest BCUT2D eigenvalue weighted by molar-refractivity contribution is 0.130. The average Bonchev–Trinajstić information content (AvgIpc) is 2.68. The van der Waals surface area contributed by atoms with E-state index < -0.39 is 0 Å². The Morgan fingerprint density at radius 2 is 1.58 bits per heavy atom. The minimum atomic E-state index is 0.752. The van der Waals surface area contributed by atoms with Crippen LogP contribution >= 0.6 is 0 Å². The van der Waals surface area contributed by atoms with Crippen molar-refractivity contribution in [2.45, 2.75) is 90.9 Å². The summed E-state index contributed by atoms with van der Waals surface area (Å²) in [6, 6.07) is 8.95. The van der Waals surface area contributed by atoms with Crippen molar-refractivity contribution in [2.24, 2.45) is 23.7 Å². The molecule has 0 aliphatic heterocycles. The van der Waals surface area contributed by atoms with E-state index in [1.54, 1.807) is 0 Å². The summed E-state index contributed by atoms with van der Waals surface area (Å²) >= 11 is 0. The normalized spacial score (nSPS) is 32.3. The molecule has 0 amide bonds. The third-order valence-electron chi connectivity index (χ3n) is 7.35. The zero-order valence-corrected chi connectivity index (χ0v) is 17.4. The first-order valence-corrected chi connectivity index (χ1v) is 11.4. The number of hydrogen-bond donors (Lipinski definition) is 0. The first kappa shape index (κ1) is 19.8. The lowest BCUT2D eigenvalue weighted by Gasteiger charge is -2.41. The van der Waals surface area contributed by atoms with Gasteiger partial charge in [0, 0.05) is 0 Å². The van der Waals surface area contributed by atoms with E-state index in [2.05, 4.69) is 45.0 Å². The molecule has 2 fully saturated rings. The van der Waals surface area contributed by atoms with E-state index >= 15 is 0 Å². The summed E-state index contributed by atoms with van der Waals surface area (Å²) in [5.74, 6) is 5.65. The average molecular weight is 357 g/mol. The Balaban J connectivity index is 1.49. The van der Waals surface area contributed by atoms with E-state index in [0.29, 0.717) is 0 Å². The minimum absolute atomic E-state index is 0.752. The van der Waals surface area contributed by atoms with Gasteiger partial charge in [0.2, 0.25) is 0 Å². The predicted octanol–water partition coefficient (Wildman–Crippen LogP) is 7.60. The van der Waals surface area contributed by atoms with Crippen LogP contribution in [0.15, 0.2) is 24.3 Å². The zero-order chi connectivity index (χ0) is 18.4. The van der Waals surface area contributed by atoms with Crippen LogP contribution in [0.5, 0.6) is 5.75 Å². The van der Waals surface area contributed by atoms with Gasteiger partial charge in [0.1, 0.15) is 5.75 Å². The van der Waals surface area contributed by atoms with Crippen molar-refractivity contribution in [1.82, 2.24) is 0 Å². The van der Waals surface area contributed by atoms with Gasteiger partial charge in [0.25, 0.3) is 0 Å². The maximum Gasteiger partial charge on any atom is 0.119 e. The summed E-state index contributed by atoms with van der Waals surface area (Å²) in [4.78, 5) is 0. The van der Waals surface area contributed by atoms with Crippen LogP contribution < -0.4 is 4.74 Å². The fourth-order valence-electron chi connectivity index (χ4n) is 5.78. The van der Waals surface area contributed by atoms with Crippen molar-refractivity contribution < 1.29 is 4.74 Å². The standard InChI is InChI=1S/C25H40O/c1-4-6-7-20-8-10-21(11-9-20)23-14-17-25(19(3)18-23)22-12-15-24(16-13-22)26-5-2/h12-13,15-16,19-21,23,25H,4-11,14,17-18H2,1-3H3. The van der Waals surface area contributed by atoms with E-state index in [4.69, 9.17) is 4.74 Å². The van der Waals surface area contributed by atoms with Gasteiger partial charge in [0.15, 0.2) is 0 Å². The summed E-state index contributed by atoms with van der Waals surface area (Å²) < 4.78 is 5.60. The van der Waals surface area contributed by atoms with Gasteiger partial charge >= 0.3 is 0 Å². The Morgan fingerprint density at radius 3 is 2.19 bits per heavy atom. The molecule has 26 heavy (non-hydrogen) atoms. The van der Waals surface area contributed by atoms with Gasteiger partial charge in [-0.1, -0.05) is 58.1 Å². The topological polar surface area (TPSA) is 9.23 Å². The SMILES string of the molecule is CCCCC1CCC(C2CCC(c3ccc(OCC)cc3)C(C)C2)CC1. The van der Waals surface area contributed by atoms with Gasteiger partial charge in [-0.05, 0) is 86.3 Å². The fourth-order valence-corrected chi connectivity index (χ4v) is 5.78. The Kier molecular flexibility index (Phi) is 7.46. The van der Waals surface area contributed by atoms with Crippen LogP contribution in [0.4, 0.5) is 0 Å². The molecule has 0 spiro atoms. The third kappa shape index (κ3) is 5.05. The molecule has 1 heteroatoms. The summed E-state index contributed by atoms with van der Waals surface area (Å²) in [6.07, 6.45) is 14.6. The van der Waals surface area contributed by atoms with Crippen molar-refractivity contribution in [3.63, 3.8) is 0 Å². The molecule has 0 aromatic heterocycles. The van der Waals surface area contributed by atoms with Gasteiger partial charge in [-0.2, -0.15) is 0 Å². The Labute approximate surface area is 161 Å². The van der Waals surface area contributed by atoms with Gasteiger partial charge < -0.3 is 4.74 Å². The highest BCUT2D eigenvalue weighted by atomic mass is 16.5. The molecule has 2 aliphatic rings. The molecule has 0 radical (unpaired) electrons. The van der Waals surface area contributed by atoms with Crippen molar-refractivity contribution in [1.29, 1.82) is 0 Å². The van der Waals surface area contributed by atoms with Crippen LogP contribution in [0.1, 0.15) is 96.5 Å². The van der Waals surface area contributed by atoms with Gasteiger partial charge in [-0.3, -0.25) is 0 Å². The van der Waals surface area contributed by atoms with Crippen molar-refractivity contribution in [3.05, 3.63) is 29.8 Å². The van der Waals surface area contributed by atoms with E-state index in [1.807, 2.05) is 0 Å². The largest absolute Gasteiger partial charge is 0.494 e. The summed E-state index contributed by atoms with van der Waals surface area (Å²) in [5.41, 5.74) is 1.53. The second kappa shape index (κ2) is 9.81. The molecular formula is C25H40O. The molecule has 0 N–H and O–H groups in total. The fraction of sp³-hybridized carbons (Fsp3) is 0.760. The maximum absolute atomic E-state index is 5.60. The highest BCUT2D eigenvalue weighted by molar-refractivity contribution is 5.30. The molecule has 3 unspecified atom stereocenters. The monoisotopic (exact) mass is 356 g/mol. The van der Waals surface area contributed by atoms with Gasteiger partial charge in [-0.15, -0.1) is 0 Å². The van der Waals surface area contributed by atoms with E-state index in [9.17, 15) is 0 Å². The number of unbranched alkanes of at least 4 members (excludes halogenated alkanes) is 1. The minimum Gasteiger partial charge on any atom is -0.494 e. The van der Waals surface area contributed by atoms with E-state index in [0.717, 1.165) is 41.9 Å². The molecule has 146 valence electrons. The van der Waals surface area contributed by atoms with Crippen LogP contribution in [-0.2, 0) is 0 Å². The van der Waals surface area contributed by atoms with Crippen molar-refractivity contribution in [3.8, 4) is 5.75 Å². The molecule has 0 saturated heterocycles. The first-order valence-electron chi connectivity index (χ1n) is 11.4. The summed E-state index contributed by atoms with van der Waals surface area (Å²) in [7, 11) is 0. The Morgan fingerprint density at radius 1 is 0.885 bits per heavy atom. The zero-order valence-electron chi connectivity index (χ0n) is 17.4. The van der Waals surface area contributed by atoms with Crippen LogP contribution in [-0.4, -0.2) is 6.61 Å². The predicted molar refractivity (Wildman–Crippen MR) is 112 cm³/mol. The van der Waals surface area contributed by atoms with Crippen LogP contribution in [0.3, 0.4) is 0 Å².